The van der Waals surface area contributed by atoms with Gasteiger partial charge in [-0.1, -0.05) is 6.92 Å². The molecule has 1 aromatic rings. The van der Waals surface area contributed by atoms with E-state index in [1.807, 2.05) is 0 Å². The molecule has 31 heavy (non-hydrogen) atoms. The first-order valence-corrected chi connectivity index (χ1v) is 10.9. The summed E-state index contributed by atoms with van der Waals surface area (Å²) in [4.78, 5) is 38.0. The highest BCUT2D eigenvalue weighted by Gasteiger charge is 2.50. The zero-order valence-corrected chi connectivity index (χ0v) is 18.0. The van der Waals surface area contributed by atoms with Gasteiger partial charge in [0.1, 0.15) is 18.2 Å². The van der Waals surface area contributed by atoms with E-state index in [-0.39, 0.29) is 41.5 Å². The molecule has 2 atom stereocenters. The summed E-state index contributed by atoms with van der Waals surface area (Å²) >= 11 is 0. The molecule has 0 aromatic heterocycles. The predicted octanol–water partition coefficient (Wildman–Crippen LogP) is 3.47. The fourth-order valence-electron chi connectivity index (χ4n) is 4.82. The molecule has 2 amide bonds. The molecule has 2 saturated carbocycles. The topological polar surface area (TPSA) is 86.7 Å². The maximum atomic E-state index is 15.3. The van der Waals surface area contributed by atoms with Crippen molar-refractivity contribution in [3.63, 3.8) is 0 Å². The second kappa shape index (κ2) is 7.57. The van der Waals surface area contributed by atoms with Crippen molar-refractivity contribution in [1.82, 2.24) is 5.32 Å². The molecule has 4 rings (SSSR count). The summed E-state index contributed by atoms with van der Waals surface area (Å²) in [6.07, 6.45) is 3.32. The molecule has 2 fully saturated rings. The fourth-order valence-corrected chi connectivity index (χ4v) is 4.82. The summed E-state index contributed by atoms with van der Waals surface area (Å²) in [5.74, 6) is -3.30. The van der Waals surface area contributed by atoms with Gasteiger partial charge in [0.15, 0.2) is 0 Å². The lowest BCUT2D eigenvalue weighted by atomic mass is 9.84. The largest absolute Gasteiger partial charge is 0.481 e. The number of halogens is 2. The summed E-state index contributed by atoms with van der Waals surface area (Å²) in [6, 6.07) is 0.834. The normalized spacial score (nSPS) is 21.6. The van der Waals surface area contributed by atoms with Gasteiger partial charge in [-0.2, -0.15) is 0 Å². The first-order valence-electron chi connectivity index (χ1n) is 10.9. The van der Waals surface area contributed by atoms with Crippen LogP contribution in [-0.4, -0.2) is 35.5 Å². The minimum absolute atomic E-state index is 0.0157. The van der Waals surface area contributed by atoms with Gasteiger partial charge in [0.25, 0.3) is 0 Å². The Hall–Kier alpha value is -2.51. The van der Waals surface area contributed by atoms with E-state index in [9.17, 15) is 14.4 Å². The molecule has 3 aliphatic rings. The minimum Gasteiger partial charge on any atom is -0.481 e. The van der Waals surface area contributed by atoms with Gasteiger partial charge in [-0.3, -0.25) is 19.3 Å². The van der Waals surface area contributed by atoms with Crippen LogP contribution in [0.2, 0.25) is 0 Å². The Bertz CT molecular complexity index is 953. The van der Waals surface area contributed by atoms with E-state index in [4.69, 9.17) is 5.11 Å². The van der Waals surface area contributed by atoms with Crippen LogP contribution in [0, 0.1) is 23.5 Å². The minimum atomic E-state index is -1.28. The molecule has 2 N–H and O–H groups in total. The summed E-state index contributed by atoms with van der Waals surface area (Å²) < 4.78 is 30.3. The lowest BCUT2D eigenvalue weighted by Gasteiger charge is -2.26. The molecule has 0 unspecified atom stereocenters. The number of nitrogens with zero attached hydrogens (tertiary/aromatic N) is 1. The predicted molar refractivity (Wildman–Crippen MR) is 110 cm³/mol. The van der Waals surface area contributed by atoms with E-state index >= 15 is 8.78 Å². The Morgan fingerprint density at radius 2 is 1.90 bits per heavy atom. The van der Waals surface area contributed by atoms with Gasteiger partial charge in [-0.15, -0.1) is 0 Å². The summed E-state index contributed by atoms with van der Waals surface area (Å²) in [5, 5.41) is 11.9. The second-order valence-corrected chi connectivity index (χ2v) is 9.78. The molecule has 168 valence electrons. The number of amides is 2. The number of carboxylic acid groups (broad SMARTS) is 1. The summed E-state index contributed by atoms with van der Waals surface area (Å²) in [5.41, 5.74) is -1.11. The van der Waals surface area contributed by atoms with E-state index in [2.05, 4.69) is 5.32 Å². The summed E-state index contributed by atoms with van der Waals surface area (Å²) in [6.45, 7) is 4.43. The summed E-state index contributed by atoms with van der Waals surface area (Å²) in [7, 11) is 0. The van der Waals surface area contributed by atoms with Gasteiger partial charge in [-0.05, 0) is 68.9 Å². The number of benzene rings is 1. The van der Waals surface area contributed by atoms with Crippen molar-refractivity contribution in [3.8, 4) is 0 Å². The highest BCUT2D eigenvalue weighted by molar-refractivity contribution is 6.10. The maximum Gasteiger partial charge on any atom is 0.303 e. The molecule has 8 heteroatoms. The monoisotopic (exact) mass is 434 g/mol. The van der Waals surface area contributed by atoms with Crippen molar-refractivity contribution in [1.29, 1.82) is 0 Å². The van der Waals surface area contributed by atoms with Crippen LogP contribution >= 0.6 is 0 Å². The van der Waals surface area contributed by atoms with Gasteiger partial charge in [-0.25, -0.2) is 8.78 Å². The van der Waals surface area contributed by atoms with Crippen molar-refractivity contribution in [2.45, 2.75) is 70.3 Å². The van der Waals surface area contributed by atoms with Gasteiger partial charge >= 0.3 is 5.97 Å². The first-order chi connectivity index (χ1) is 14.5. The van der Waals surface area contributed by atoms with Crippen LogP contribution in [0.3, 0.4) is 0 Å². The molecule has 6 nitrogen and oxygen atoms in total. The van der Waals surface area contributed by atoms with Crippen LogP contribution in [0.4, 0.5) is 14.5 Å². The Labute approximate surface area is 180 Å². The van der Waals surface area contributed by atoms with E-state index in [1.54, 1.807) is 20.8 Å². The first kappa shape index (κ1) is 21.7. The lowest BCUT2D eigenvalue weighted by Crippen LogP contribution is -2.48. The molecule has 1 aliphatic heterocycles. The van der Waals surface area contributed by atoms with Crippen LogP contribution < -0.4 is 10.2 Å². The van der Waals surface area contributed by atoms with Gasteiger partial charge in [0.2, 0.25) is 11.8 Å². The van der Waals surface area contributed by atoms with Crippen LogP contribution in [-0.2, 0) is 19.8 Å². The van der Waals surface area contributed by atoms with E-state index < -0.39 is 41.4 Å². The Kier molecular flexibility index (Phi) is 5.30. The molecule has 0 saturated heterocycles. The van der Waals surface area contributed by atoms with Crippen LogP contribution in [0.1, 0.15) is 69.9 Å². The van der Waals surface area contributed by atoms with E-state index in [0.717, 1.165) is 36.6 Å². The van der Waals surface area contributed by atoms with Crippen molar-refractivity contribution >= 4 is 23.5 Å². The van der Waals surface area contributed by atoms with E-state index in [0.29, 0.717) is 5.56 Å². The van der Waals surface area contributed by atoms with Crippen LogP contribution in [0.25, 0.3) is 0 Å². The zero-order valence-electron chi connectivity index (χ0n) is 18.0. The fraction of sp³-hybridized carbons (Fsp3) is 0.609. The zero-order chi connectivity index (χ0) is 22.7. The highest BCUT2D eigenvalue weighted by atomic mass is 19.1. The molecule has 0 spiro atoms. The third-order valence-corrected chi connectivity index (χ3v) is 6.78. The quantitative estimate of drug-likeness (QED) is 0.656. The standard InChI is InChI=1S/C23H28F2N2O4/c1-11(8-17(29)30)20(13-6-7-13)26-16(28)10-27-21-15(24)9-14(12-4-5-12)19(25)18(21)23(2,3)22(27)31/h9,11-13,20H,4-8,10H2,1-3H3,(H,26,28)(H,29,30)/t11-,20-/m1/s1. The van der Waals surface area contributed by atoms with Gasteiger partial charge < -0.3 is 10.4 Å². The molecule has 0 radical (unpaired) electrons. The van der Waals surface area contributed by atoms with Crippen LogP contribution in [0.15, 0.2) is 6.07 Å². The molecule has 2 aliphatic carbocycles. The molecular weight excluding hydrogens is 406 g/mol. The number of hydrogen-bond acceptors (Lipinski definition) is 3. The van der Waals surface area contributed by atoms with E-state index in [1.165, 1.54) is 0 Å². The third kappa shape index (κ3) is 3.92. The van der Waals surface area contributed by atoms with Crippen molar-refractivity contribution in [2.75, 3.05) is 11.4 Å². The number of hydrogen-bond donors (Lipinski definition) is 2. The number of aliphatic carboxylic acids is 1. The maximum absolute atomic E-state index is 15.3. The number of rotatable bonds is 8. The molecule has 1 aromatic carbocycles. The number of nitrogens with one attached hydrogen (secondary N) is 1. The Morgan fingerprint density at radius 1 is 1.26 bits per heavy atom. The SMILES string of the molecule is C[C@H](CC(=O)O)[C@@H](NC(=O)CN1C(=O)C(C)(C)c2c(F)c(C3CC3)cc(F)c21)C1CC1. The van der Waals surface area contributed by atoms with Gasteiger partial charge in [0.05, 0.1) is 11.1 Å². The number of fused-ring (bicyclic) bond motifs is 1. The van der Waals surface area contributed by atoms with Crippen LogP contribution in [0.5, 0.6) is 0 Å². The highest BCUT2D eigenvalue weighted by Crippen LogP contribution is 2.50. The Morgan fingerprint density at radius 3 is 2.45 bits per heavy atom. The number of anilines is 1. The number of carbonyl (C=O) groups is 3. The smallest absolute Gasteiger partial charge is 0.303 e. The van der Waals surface area contributed by atoms with Crippen molar-refractivity contribution < 1.29 is 28.3 Å². The van der Waals surface area contributed by atoms with Crippen molar-refractivity contribution in [2.24, 2.45) is 11.8 Å². The average molecular weight is 434 g/mol. The second-order valence-electron chi connectivity index (χ2n) is 9.78. The van der Waals surface area contributed by atoms with Crippen molar-refractivity contribution in [3.05, 3.63) is 28.8 Å². The third-order valence-electron chi connectivity index (χ3n) is 6.78. The lowest BCUT2D eigenvalue weighted by molar-refractivity contribution is -0.138. The number of carbonyl (C=O) groups excluding carboxylic acids is 2. The average Bonchev–Trinajstić information content (AvgIpc) is 3.57. The number of carboxylic acids is 1. The Balaban J connectivity index is 1.58. The van der Waals surface area contributed by atoms with Gasteiger partial charge in [0, 0.05) is 18.0 Å². The molecule has 0 bridgehead atoms. The molecule has 1 heterocycles. The molecular formula is C23H28F2N2O4.